The Bertz CT molecular complexity index is 269. The van der Waals surface area contributed by atoms with Gasteiger partial charge in [0.25, 0.3) is 0 Å². The summed E-state index contributed by atoms with van der Waals surface area (Å²) in [4.78, 5) is 7.72. The molecule has 0 bridgehead atoms. The van der Waals surface area contributed by atoms with Crippen molar-refractivity contribution in [3.63, 3.8) is 0 Å². The van der Waals surface area contributed by atoms with Crippen molar-refractivity contribution in [3.8, 4) is 5.88 Å². The van der Waals surface area contributed by atoms with Crippen LogP contribution in [0.3, 0.4) is 0 Å². The fourth-order valence-electron chi connectivity index (χ4n) is 1.24. The summed E-state index contributed by atoms with van der Waals surface area (Å²) >= 11 is 0. The molecule has 1 aliphatic rings. The molecule has 2 rings (SSSR count). The highest BCUT2D eigenvalue weighted by molar-refractivity contribution is 5.03. The highest BCUT2D eigenvalue weighted by Gasteiger charge is 2.28. The Labute approximate surface area is 75.2 Å². The van der Waals surface area contributed by atoms with Gasteiger partial charge in [-0.25, -0.2) is 9.37 Å². The van der Waals surface area contributed by atoms with Gasteiger partial charge in [0.05, 0.1) is 6.20 Å². The Balaban J connectivity index is 1.98. The van der Waals surface area contributed by atoms with Gasteiger partial charge in [-0.15, -0.1) is 0 Å². The average molecular weight is 183 g/mol. The van der Waals surface area contributed by atoms with E-state index in [0.717, 1.165) is 0 Å². The van der Waals surface area contributed by atoms with E-state index < -0.39 is 12.3 Å². The van der Waals surface area contributed by atoms with Gasteiger partial charge in [0, 0.05) is 25.5 Å². The topological polar surface area (TPSA) is 47.0 Å². The standard InChI is InChI=1S/C8H10FN3O/c9-6-3-11-4-7(6)13-8-5-10-1-2-12-8/h1-2,5-7,11H,3-4H2. The number of nitrogens with one attached hydrogen (secondary N) is 1. The molecule has 0 spiro atoms. The molecule has 1 fully saturated rings. The second-order valence-corrected chi connectivity index (χ2v) is 2.87. The quantitative estimate of drug-likeness (QED) is 0.709. The summed E-state index contributed by atoms with van der Waals surface area (Å²) in [5, 5.41) is 2.89. The zero-order valence-electron chi connectivity index (χ0n) is 6.98. The minimum Gasteiger partial charge on any atom is -0.469 e. The average Bonchev–Trinajstić information content (AvgIpc) is 2.54. The molecule has 1 aromatic heterocycles. The lowest BCUT2D eigenvalue weighted by atomic mass is 10.3. The SMILES string of the molecule is FC1CNCC1Oc1cnccn1. The van der Waals surface area contributed by atoms with E-state index in [9.17, 15) is 4.39 Å². The molecule has 0 aliphatic carbocycles. The Morgan fingerprint density at radius 1 is 1.46 bits per heavy atom. The molecule has 13 heavy (non-hydrogen) atoms. The van der Waals surface area contributed by atoms with Crippen LogP contribution in [0.4, 0.5) is 4.39 Å². The van der Waals surface area contributed by atoms with Gasteiger partial charge in [-0.1, -0.05) is 0 Å². The van der Waals surface area contributed by atoms with Gasteiger partial charge in [0.2, 0.25) is 5.88 Å². The Hall–Kier alpha value is -1.23. The van der Waals surface area contributed by atoms with Crippen molar-refractivity contribution in [2.24, 2.45) is 0 Å². The zero-order valence-corrected chi connectivity index (χ0v) is 6.98. The van der Waals surface area contributed by atoms with Crippen molar-refractivity contribution in [1.82, 2.24) is 15.3 Å². The molecule has 0 radical (unpaired) electrons. The van der Waals surface area contributed by atoms with Crippen LogP contribution in [0.5, 0.6) is 5.88 Å². The second kappa shape index (κ2) is 3.66. The van der Waals surface area contributed by atoms with E-state index in [0.29, 0.717) is 19.0 Å². The van der Waals surface area contributed by atoms with Crippen LogP contribution in [-0.4, -0.2) is 35.3 Å². The lowest BCUT2D eigenvalue weighted by Gasteiger charge is -2.12. The maximum absolute atomic E-state index is 13.0. The number of aromatic nitrogens is 2. The summed E-state index contributed by atoms with van der Waals surface area (Å²) in [6.07, 6.45) is 3.15. The van der Waals surface area contributed by atoms with Crippen LogP contribution in [0, 0.1) is 0 Å². The maximum Gasteiger partial charge on any atom is 0.232 e. The highest BCUT2D eigenvalue weighted by atomic mass is 19.1. The van der Waals surface area contributed by atoms with Crippen LogP contribution in [-0.2, 0) is 0 Å². The third kappa shape index (κ3) is 1.92. The third-order valence-corrected chi connectivity index (χ3v) is 1.90. The van der Waals surface area contributed by atoms with Crippen molar-refractivity contribution in [3.05, 3.63) is 18.6 Å². The first-order valence-electron chi connectivity index (χ1n) is 4.14. The normalized spacial score (nSPS) is 27.5. The molecule has 2 unspecified atom stereocenters. The lowest BCUT2D eigenvalue weighted by Crippen LogP contribution is -2.27. The Kier molecular flexibility index (Phi) is 2.35. The summed E-state index contributed by atoms with van der Waals surface area (Å²) in [7, 11) is 0. The predicted octanol–water partition coefficient (Wildman–Crippen LogP) is 0.165. The molecule has 4 nitrogen and oxygen atoms in total. The summed E-state index contributed by atoms with van der Waals surface area (Å²) in [5.41, 5.74) is 0. The van der Waals surface area contributed by atoms with Crippen molar-refractivity contribution >= 4 is 0 Å². The minimum atomic E-state index is -0.956. The number of alkyl halides is 1. The minimum absolute atomic E-state index is 0.352. The number of hydrogen-bond donors (Lipinski definition) is 1. The molecule has 1 saturated heterocycles. The molecular formula is C8H10FN3O. The van der Waals surface area contributed by atoms with Crippen LogP contribution in [0.25, 0.3) is 0 Å². The first kappa shape index (κ1) is 8.37. The first-order valence-corrected chi connectivity index (χ1v) is 4.14. The fourth-order valence-corrected chi connectivity index (χ4v) is 1.24. The Morgan fingerprint density at radius 2 is 2.38 bits per heavy atom. The van der Waals surface area contributed by atoms with Gasteiger partial charge in [-0.2, -0.15) is 0 Å². The van der Waals surface area contributed by atoms with E-state index in [-0.39, 0.29) is 0 Å². The van der Waals surface area contributed by atoms with E-state index >= 15 is 0 Å². The summed E-state index contributed by atoms with van der Waals surface area (Å²) < 4.78 is 18.3. The van der Waals surface area contributed by atoms with Crippen LogP contribution in [0.1, 0.15) is 0 Å². The number of nitrogens with zero attached hydrogens (tertiary/aromatic N) is 2. The van der Waals surface area contributed by atoms with E-state index in [1.807, 2.05) is 0 Å². The predicted molar refractivity (Wildman–Crippen MR) is 44.2 cm³/mol. The zero-order chi connectivity index (χ0) is 9.10. The molecule has 2 atom stereocenters. The van der Waals surface area contributed by atoms with E-state index in [1.54, 1.807) is 6.20 Å². The maximum atomic E-state index is 13.0. The number of ether oxygens (including phenoxy) is 1. The van der Waals surface area contributed by atoms with Crippen molar-refractivity contribution in [2.45, 2.75) is 12.3 Å². The Morgan fingerprint density at radius 3 is 3.00 bits per heavy atom. The van der Waals surface area contributed by atoms with Crippen LogP contribution < -0.4 is 10.1 Å². The fraction of sp³-hybridized carbons (Fsp3) is 0.500. The van der Waals surface area contributed by atoms with Gasteiger partial charge < -0.3 is 10.1 Å². The van der Waals surface area contributed by atoms with Crippen molar-refractivity contribution in [2.75, 3.05) is 13.1 Å². The molecule has 0 aromatic carbocycles. The summed E-state index contributed by atoms with van der Waals surface area (Å²) in [6, 6.07) is 0. The molecule has 1 aliphatic heterocycles. The second-order valence-electron chi connectivity index (χ2n) is 2.87. The van der Waals surface area contributed by atoms with E-state index in [2.05, 4.69) is 15.3 Å². The molecule has 1 N–H and O–H groups in total. The lowest BCUT2D eigenvalue weighted by molar-refractivity contribution is 0.134. The van der Waals surface area contributed by atoms with Gasteiger partial charge in [-0.05, 0) is 0 Å². The van der Waals surface area contributed by atoms with Crippen LogP contribution in [0.15, 0.2) is 18.6 Å². The van der Waals surface area contributed by atoms with E-state index in [1.165, 1.54) is 12.4 Å². The molecule has 0 amide bonds. The van der Waals surface area contributed by atoms with Crippen molar-refractivity contribution in [1.29, 1.82) is 0 Å². The summed E-state index contributed by atoms with van der Waals surface area (Å²) in [5.74, 6) is 0.374. The molecule has 70 valence electrons. The monoisotopic (exact) mass is 183 g/mol. The van der Waals surface area contributed by atoms with Gasteiger partial charge in [0.15, 0.2) is 6.17 Å². The number of halogens is 1. The van der Waals surface area contributed by atoms with Crippen LogP contribution >= 0.6 is 0 Å². The summed E-state index contributed by atoms with van der Waals surface area (Å²) in [6.45, 7) is 0.878. The molecule has 5 heteroatoms. The van der Waals surface area contributed by atoms with Gasteiger partial charge >= 0.3 is 0 Å². The molecule has 2 heterocycles. The van der Waals surface area contributed by atoms with Crippen molar-refractivity contribution < 1.29 is 9.13 Å². The number of hydrogen-bond acceptors (Lipinski definition) is 4. The van der Waals surface area contributed by atoms with Crippen LogP contribution in [0.2, 0.25) is 0 Å². The first-order chi connectivity index (χ1) is 6.36. The van der Waals surface area contributed by atoms with Gasteiger partial charge in [0.1, 0.15) is 6.10 Å². The molecular weight excluding hydrogens is 173 g/mol. The van der Waals surface area contributed by atoms with E-state index in [4.69, 9.17) is 4.74 Å². The molecule has 1 aromatic rings. The smallest absolute Gasteiger partial charge is 0.232 e. The number of rotatable bonds is 2. The van der Waals surface area contributed by atoms with Gasteiger partial charge in [-0.3, -0.25) is 4.98 Å². The highest BCUT2D eigenvalue weighted by Crippen LogP contribution is 2.12. The molecule has 0 saturated carbocycles. The largest absolute Gasteiger partial charge is 0.469 e. The third-order valence-electron chi connectivity index (χ3n) is 1.90.